The van der Waals surface area contributed by atoms with Crippen LogP contribution in [-0.4, -0.2) is 16.7 Å². The number of carbonyl (C=O) groups is 1. The van der Waals surface area contributed by atoms with E-state index in [1.165, 1.54) is 26.0 Å². The van der Waals surface area contributed by atoms with Crippen molar-refractivity contribution < 1.29 is 28.2 Å². The molecule has 0 aliphatic carbocycles. The van der Waals surface area contributed by atoms with Gasteiger partial charge < -0.3 is 19.9 Å². The minimum absolute atomic E-state index is 0.0613. The van der Waals surface area contributed by atoms with Crippen LogP contribution in [0.3, 0.4) is 0 Å². The van der Waals surface area contributed by atoms with Gasteiger partial charge in [-0.05, 0) is 61.4 Å². The Labute approximate surface area is 179 Å². The van der Waals surface area contributed by atoms with Gasteiger partial charge in [0.15, 0.2) is 5.60 Å². The van der Waals surface area contributed by atoms with Gasteiger partial charge in [0.2, 0.25) is 0 Å². The summed E-state index contributed by atoms with van der Waals surface area (Å²) in [4.78, 5) is 11.2. The van der Waals surface area contributed by atoms with Gasteiger partial charge in [0.25, 0.3) is 0 Å². The summed E-state index contributed by atoms with van der Waals surface area (Å²) in [6.07, 6.45) is 0. The third kappa shape index (κ3) is 6.44. The maximum absolute atomic E-state index is 13.2. The molecule has 0 saturated heterocycles. The van der Waals surface area contributed by atoms with E-state index in [1.54, 1.807) is 30.3 Å². The van der Waals surface area contributed by atoms with E-state index in [9.17, 15) is 18.7 Å². The molecule has 162 valence electrons. The second kappa shape index (κ2) is 9.47. The summed E-state index contributed by atoms with van der Waals surface area (Å²) in [6, 6.07) is 17.7. The molecule has 0 aromatic heterocycles. The van der Waals surface area contributed by atoms with Crippen molar-refractivity contribution in [1.82, 2.24) is 0 Å². The lowest BCUT2D eigenvalue weighted by atomic mass is 10.1. The van der Waals surface area contributed by atoms with Gasteiger partial charge in [-0.15, -0.1) is 0 Å². The van der Waals surface area contributed by atoms with Crippen LogP contribution in [0, 0.1) is 11.6 Å². The highest BCUT2D eigenvalue weighted by Crippen LogP contribution is 2.23. The van der Waals surface area contributed by atoms with Gasteiger partial charge >= 0.3 is 5.97 Å². The molecular formula is C24H23F2NO4. The first-order valence-corrected chi connectivity index (χ1v) is 9.64. The van der Waals surface area contributed by atoms with Crippen molar-refractivity contribution in [2.24, 2.45) is 0 Å². The van der Waals surface area contributed by atoms with Crippen LogP contribution in [0.2, 0.25) is 0 Å². The third-order valence-electron chi connectivity index (χ3n) is 4.47. The largest absolute Gasteiger partial charge is 0.489 e. The highest BCUT2D eigenvalue weighted by atomic mass is 19.1. The fourth-order valence-corrected chi connectivity index (χ4v) is 2.78. The maximum atomic E-state index is 13.2. The lowest BCUT2D eigenvalue weighted by Crippen LogP contribution is -2.37. The SMILES string of the molecule is CC(C)(Oc1cccc(NCc2ccc(OCc3cc(F)cc(F)c3)cc2)c1)C(=O)O. The molecule has 0 atom stereocenters. The summed E-state index contributed by atoms with van der Waals surface area (Å²) in [5.41, 5.74) is 0.857. The molecule has 0 bridgehead atoms. The molecule has 0 radical (unpaired) electrons. The Balaban J connectivity index is 1.54. The zero-order valence-corrected chi connectivity index (χ0v) is 17.2. The van der Waals surface area contributed by atoms with Gasteiger partial charge in [-0.1, -0.05) is 18.2 Å². The highest BCUT2D eigenvalue weighted by Gasteiger charge is 2.29. The molecule has 0 amide bonds. The Kier molecular flexibility index (Phi) is 6.74. The molecule has 0 heterocycles. The number of hydrogen-bond acceptors (Lipinski definition) is 4. The molecule has 0 saturated carbocycles. The van der Waals surface area contributed by atoms with Gasteiger partial charge in [0.1, 0.15) is 29.7 Å². The monoisotopic (exact) mass is 427 g/mol. The molecule has 0 aliphatic heterocycles. The van der Waals surface area contributed by atoms with Crippen LogP contribution in [-0.2, 0) is 17.9 Å². The average Bonchev–Trinajstić information content (AvgIpc) is 2.71. The summed E-state index contributed by atoms with van der Waals surface area (Å²) in [5.74, 6) is -1.28. The van der Waals surface area contributed by atoms with E-state index in [0.29, 0.717) is 23.6 Å². The van der Waals surface area contributed by atoms with Crippen molar-refractivity contribution in [3.63, 3.8) is 0 Å². The van der Waals surface area contributed by atoms with Crippen LogP contribution < -0.4 is 14.8 Å². The molecule has 7 heteroatoms. The van der Waals surface area contributed by atoms with E-state index >= 15 is 0 Å². The Morgan fingerprint density at radius 2 is 1.61 bits per heavy atom. The zero-order chi connectivity index (χ0) is 22.4. The smallest absolute Gasteiger partial charge is 0.347 e. The topological polar surface area (TPSA) is 67.8 Å². The number of aliphatic carboxylic acids is 1. The summed E-state index contributed by atoms with van der Waals surface area (Å²) in [7, 11) is 0. The van der Waals surface area contributed by atoms with Gasteiger partial charge in [-0.3, -0.25) is 0 Å². The standard InChI is InChI=1S/C24H23F2NO4/c1-24(2,23(28)29)31-22-5-3-4-20(13-22)27-14-16-6-8-21(9-7-16)30-15-17-10-18(25)12-19(26)11-17/h3-13,27H,14-15H2,1-2H3,(H,28,29). The second-order valence-corrected chi connectivity index (χ2v) is 7.51. The normalized spacial score (nSPS) is 11.1. The van der Waals surface area contributed by atoms with Gasteiger partial charge in [-0.25, -0.2) is 13.6 Å². The van der Waals surface area contributed by atoms with E-state index in [0.717, 1.165) is 17.3 Å². The van der Waals surface area contributed by atoms with E-state index < -0.39 is 23.2 Å². The molecule has 3 aromatic carbocycles. The number of ether oxygens (including phenoxy) is 2. The van der Waals surface area contributed by atoms with Crippen molar-refractivity contribution in [1.29, 1.82) is 0 Å². The predicted octanol–water partition coefficient (Wildman–Crippen LogP) is 5.40. The number of carboxylic acids is 1. The number of nitrogens with one attached hydrogen (secondary N) is 1. The molecule has 0 unspecified atom stereocenters. The molecule has 3 rings (SSSR count). The molecule has 5 nitrogen and oxygen atoms in total. The van der Waals surface area contributed by atoms with Crippen LogP contribution >= 0.6 is 0 Å². The van der Waals surface area contributed by atoms with Crippen LogP contribution in [0.1, 0.15) is 25.0 Å². The zero-order valence-electron chi connectivity index (χ0n) is 17.2. The Morgan fingerprint density at radius 1 is 0.935 bits per heavy atom. The van der Waals surface area contributed by atoms with Crippen LogP contribution in [0.15, 0.2) is 66.7 Å². The summed E-state index contributed by atoms with van der Waals surface area (Å²) in [6.45, 7) is 3.57. The van der Waals surface area contributed by atoms with Gasteiger partial charge in [-0.2, -0.15) is 0 Å². The lowest BCUT2D eigenvalue weighted by molar-refractivity contribution is -0.152. The van der Waals surface area contributed by atoms with Crippen LogP contribution in [0.4, 0.5) is 14.5 Å². The van der Waals surface area contributed by atoms with E-state index in [1.807, 2.05) is 18.2 Å². The molecule has 2 N–H and O–H groups in total. The van der Waals surface area contributed by atoms with E-state index in [-0.39, 0.29) is 6.61 Å². The van der Waals surface area contributed by atoms with Crippen molar-refractivity contribution in [2.75, 3.05) is 5.32 Å². The molecule has 0 spiro atoms. The number of rotatable bonds is 9. The summed E-state index contributed by atoms with van der Waals surface area (Å²) < 4.78 is 37.6. The minimum atomic E-state index is -1.33. The Bertz CT molecular complexity index is 1030. The van der Waals surface area contributed by atoms with Crippen molar-refractivity contribution in [3.05, 3.63) is 89.5 Å². The van der Waals surface area contributed by atoms with Crippen molar-refractivity contribution in [3.8, 4) is 11.5 Å². The molecular weight excluding hydrogens is 404 g/mol. The Hall–Kier alpha value is -3.61. The molecule has 3 aromatic rings. The van der Waals surface area contributed by atoms with Crippen molar-refractivity contribution >= 4 is 11.7 Å². The summed E-state index contributed by atoms with van der Waals surface area (Å²) in [5, 5.41) is 12.4. The molecule has 0 fully saturated rings. The maximum Gasteiger partial charge on any atom is 0.347 e. The van der Waals surface area contributed by atoms with Crippen molar-refractivity contribution in [2.45, 2.75) is 32.6 Å². The van der Waals surface area contributed by atoms with Crippen LogP contribution in [0.5, 0.6) is 11.5 Å². The van der Waals surface area contributed by atoms with E-state index in [2.05, 4.69) is 5.32 Å². The first-order valence-electron chi connectivity index (χ1n) is 9.64. The average molecular weight is 427 g/mol. The first kappa shape index (κ1) is 22.1. The fourth-order valence-electron chi connectivity index (χ4n) is 2.78. The number of benzene rings is 3. The number of anilines is 1. The number of halogens is 2. The Morgan fingerprint density at radius 3 is 2.26 bits per heavy atom. The van der Waals surface area contributed by atoms with E-state index in [4.69, 9.17) is 9.47 Å². The third-order valence-corrected chi connectivity index (χ3v) is 4.47. The highest BCUT2D eigenvalue weighted by molar-refractivity contribution is 5.76. The molecule has 0 aliphatic rings. The quantitative estimate of drug-likeness (QED) is 0.479. The predicted molar refractivity (Wildman–Crippen MR) is 113 cm³/mol. The fraction of sp³-hybridized carbons (Fsp3) is 0.208. The van der Waals surface area contributed by atoms with Crippen LogP contribution in [0.25, 0.3) is 0 Å². The summed E-state index contributed by atoms with van der Waals surface area (Å²) >= 11 is 0. The molecule has 31 heavy (non-hydrogen) atoms. The first-order chi connectivity index (χ1) is 14.7. The minimum Gasteiger partial charge on any atom is -0.489 e. The van der Waals surface area contributed by atoms with Gasteiger partial charge in [0, 0.05) is 24.4 Å². The number of hydrogen-bond donors (Lipinski definition) is 2. The lowest BCUT2D eigenvalue weighted by Gasteiger charge is -2.22. The van der Waals surface area contributed by atoms with Gasteiger partial charge in [0.05, 0.1) is 0 Å². The second-order valence-electron chi connectivity index (χ2n) is 7.51. The number of carboxylic acid groups (broad SMARTS) is 1.